The molecule has 25 heavy (non-hydrogen) atoms. The molecule has 0 saturated carbocycles. The van der Waals surface area contributed by atoms with Gasteiger partial charge in [0.1, 0.15) is 0 Å². The molecule has 1 fully saturated rings. The Hall–Kier alpha value is -0.700. The van der Waals surface area contributed by atoms with Crippen molar-refractivity contribution in [1.29, 1.82) is 0 Å². The fraction of sp³-hybridized carbons (Fsp3) is 0.588. The van der Waals surface area contributed by atoms with Crippen molar-refractivity contribution in [3.63, 3.8) is 0 Å². The Labute approximate surface area is 158 Å². The van der Waals surface area contributed by atoms with E-state index in [0.29, 0.717) is 12.0 Å². The number of benzene rings is 1. The number of sulfonamides is 1. The lowest BCUT2D eigenvalue weighted by Crippen LogP contribution is -2.27. The minimum Gasteiger partial charge on any atom is -0.352 e. The number of hydrogen-bond acceptors (Lipinski definition) is 5. The normalized spacial score (nSPS) is 17.8. The van der Waals surface area contributed by atoms with Crippen molar-refractivity contribution in [3.05, 3.63) is 29.8 Å². The Bertz CT molecular complexity index is 671. The van der Waals surface area contributed by atoms with Gasteiger partial charge in [-0.3, -0.25) is 4.79 Å². The van der Waals surface area contributed by atoms with Crippen LogP contribution in [0.2, 0.25) is 0 Å². The number of unbranched alkanes of at least 4 members (excludes halogenated alkanes) is 1. The standard InChI is InChI=1S/C17H26N2O3S3/c1-19(2)25(21,22)16-9-5-3-7-14(16)13-18-17(20)10-6-4-8-15-11-12-23-24-15/h3,5,7,9,15H,4,6,8,10-13H2,1-2H3,(H,18,20). The van der Waals surface area contributed by atoms with Gasteiger partial charge in [-0.1, -0.05) is 46.2 Å². The van der Waals surface area contributed by atoms with Gasteiger partial charge in [-0.15, -0.1) is 0 Å². The zero-order valence-electron chi connectivity index (χ0n) is 14.7. The SMILES string of the molecule is CN(C)S(=O)(=O)c1ccccc1CNC(=O)CCCCC1CCSS1. The van der Waals surface area contributed by atoms with E-state index in [4.69, 9.17) is 0 Å². The summed E-state index contributed by atoms with van der Waals surface area (Å²) in [6.45, 7) is 0.233. The first-order chi connectivity index (χ1) is 11.9. The first-order valence-corrected chi connectivity index (χ1v) is 12.3. The Morgan fingerprint density at radius 3 is 2.72 bits per heavy atom. The molecule has 0 radical (unpaired) electrons. The van der Waals surface area contributed by atoms with E-state index in [1.54, 1.807) is 24.3 Å². The highest BCUT2D eigenvalue weighted by atomic mass is 33.1. The first-order valence-electron chi connectivity index (χ1n) is 8.46. The molecule has 140 valence electrons. The van der Waals surface area contributed by atoms with E-state index in [2.05, 4.69) is 5.32 Å². The molecule has 1 heterocycles. The van der Waals surface area contributed by atoms with Gasteiger partial charge in [0, 0.05) is 38.1 Å². The van der Waals surface area contributed by atoms with Gasteiger partial charge in [-0.25, -0.2) is 12.7 Å². The third kappa shape index (κ3) is 6.20. The Balaban J connectivity index is 1.79. The number of rotatable bonds is 9. The smallest absolute Gasteiger partial charge is 0.242 e. The fourth-order valence-electron chi connectivity index (χ4n) is 2.60. The monoisotopic (exact) mass is 402 g/mol. The molecule has 1 saturated heterocycles. The molecule has 2 rings (SSSR count). The lowest BCUT2D eigenvalue weighted by molar-refractivity contribution is -0.121. The Morgan fingerprint density at radius 2 is 2.04 bits per heavy atom. The maximum Gasteiger partial charge on any atom is 0.242 e. The van der Waals surface area contributed by atoms with E-state index in [1.165, 1.54) is 37.0 Å². The van der Waals surface area contributed by atoms with Crippen LogP contribution in [0.4, 0.5) is 0 Å². The average Bonchev–Trinajstić information content (AvgIpc) is 3.10. The van der Waals surface area contributed by atoms with Crippen LogP contribution in [0.1, 0.15) is 37.7 Å². The zero-order valence-corrected chi connectivity index (χ0v) is 17.2. The zero-order chi connectivity index (χ0) is 18.3. The van der Waals surface area contributed by atoms with Crippen molar-refractivity contribution < 1.29 is 13.2 Å². The summed E-state index contributed by atoms with van der Waals surface area (Å²) >= 11 is 0. The van der Waals surface area contributed by atoms with Crippen LogP contribution >= 0.6 is 21.6 Å². The molecule has 0 aliphatic carbocycles. The second-order valence-corrected chi connectivity index (χ2v) is 11.2. The van der Waals surface area contributed by atoms with Crippen molar-refractivity contribution in [3.8, 4) is 0 Å². The molecule has 1 aromatic rings. The number of carbonyl (C=O) groups excluding carboxylic acids is 1. The summed E-state index contributed by atoms with van der Waals surface area (Å²) in [4.78, 5) is 12.3. The van der Waals surface area contributed by atoms with Crippen molar-refractivity contribution in [2.24, 2.45) is 0 Å². The second kappa shape index (κ2) is 9.85. The van der Waals surface area contributed by atoms with Crippen LogP contribution < -0.4 is 5.32 Å². The van der Waals surface area contributed by atoms with Crippen LogP contribution in [0.25, 0.3) is 0 Å². The van der Waals surface area contributed by atoms with Crippen molar-refractivity contribution in [1.82, 2.24) is 9.62 Å². The van der Waals surface area contributed by atoms with Gasteiger partial charge in [0.25, 0.3) is 0 Å². The molecule has 1 atom stereocenters. The van der Waals surface area contributed by atoms with E-state index in [9.17, 15) is 13.2 Å². The third-order valence-corrected chi connectivity index (χ3v) is 9.04. The van der Waals surface area contributed by atoms with E-state index in [-0.39, 0.29) is 17.3 Å². The Morgan fingerprint density at radius 1 is 1.28 bits per heavy atom. The summed E-state index contributed by atoms with van der Waals surface area (Å²) in [7, 11) is 3.42. The van der Waals surface area contributed by atoms with Gasteiger partial charge in [0.2, 0.25) is 15.9 Å². The van der Waals surface area contributed by atoms with Crippen molar-refractivity contribution in [2.75, 3.05) is 19.8 Å². The van der Waals surface area contributed by atoms with Gasteiger partial charge in [-0.05, 0) is 30.9 Å². The molecule has 1 aromatic carbocycles. The molecule has 8 heteroatoms. The number of carbonyl (C=O) groups is 1. The van der Waals surface area contributed by atoms with Crippen LogP contribution in [-0.2, 0) is 21.4 Å². The molecule has 1 N–H and O–H groups in total. The maximum absolute atomic E-state index is 12.3. The number of amides is 1. The minimum atomic E-state index is -3.51. The topological polar surface area (TPSA) is 66.5 Å². The summed E-state index contributed by atoms with van der Waals surface area (Å²) < 4.78 is 25.9. The van der Waals surface area contributed by atoms with Gasteiger partial charge >= 0.3 is 0 Å². The summed E-state index contributed by atoms with van der Waals surface area (Å²) in [6.07, 6.45) is 4.89. The molecule has 1 amide bonds. The van der Waals surface area contributed by atoms with E-state index in [1.807, 2.05) is 21.6 Å². The van der Waals surface area contributed by atoms with Gasteiger partial charge in [0.05, 0.1) is 4.90 Å². The lowest BCUT2D eigenvalue weighted by atomic mass is 10.1. The van der Waals surface area contributed by atoms with Crippen LogP contribution in [0, 0.1) is 0 Å². The number of hydrogen-bond donors (Lipinski definition) is 1. The summed E-state index contributed by atoms with van der Waals surface area (Å²) in [5.74, 6) is 1.22. The van der Waals surface area contributed by atoms with E-state index in [0.717, 1.165) is 18.1 Å². The number of nitrogens with one attached hydrogen (secondary N) is 1. The van der Waals surface area contributed by atoms with Crippen LogP contribution in [0.5, 0.6) is 0 Å². The molecule has 1 aliphatic rings. The molecular formula is C17H26N2O3S3. The van der Waals surface area contributed by atoms with Gasteiger partial charge in [-0.2, -0.15) is 0 Å². The third-order valence-electron chi connectivity index (χ3n) is 4.11. The highest BCUT2D eigenvalue weighted by Crippen LogP contribution is 2.39. The molecule has 0 aromatic heterocycles. The summed E-state index contributed by atoms with van der Waals surface area (Å²) in [5.41, 5.74) is 0.615. The quantitative estimate of drug-likeness (QED) is 0.507. The predicted molar refractivity (Wildman–Crippen MR) is 106 cm³/mol. The molecular weight excluding hydrogens is 376 g/mol. The van der Waals surface area contributed by atoms with Crippen LogP contribution in [-0.4, -0.2) is 43.7 Å². The fourth-order valence-corrected chi connectivity index (χ4v) is 6.75. The summed E-state index contributed by atoms with van der Waals surface area (Å²) in [5, 5.41) is 3.59. The predicted octanol–water partition coefficient (Wildman–Crippen LogP) is 3.27. The van der Waals surface area contributed by atoms with E-state index >= 15 is 0 Å². The average molecular weight is 403 g/mol. The molecule has 0 spiro atoms. The first kappa shape index (κ1) is 20.6. The van der Waals surface area contributed by atoms with Gasteiger partial charge in [0.15, 0.2) is 0 Å². The second-order valence-electron chi connectivity index (χ2n) is 6.25. The van der Waals surface area contributed by atoms with Crippen LogP contribution in [0.3, 0.4) is 0 Å². The van der Waals surface area contributed by atoms with Gasteiger partial charge < -0.3 is 5.32 Å². The number of nitrogens with zero attached hydrogens (tertiary/aromatic N) is 1. The largest absolute Gasteiger partial charge is 0.352 e. The minimum absolute atomic E-state index is 0.0227. The highest BCUT2D eigenvalue weighted by molar-refractivity contribution is 8.77. The summed E-state index contributed by atoms with van der Waals surface area (Å²) in [6, 6.07) is 6.80. The molecule has 1 aliphatic heterocycles. The van der Waals surface area contributed by atoms with Crippen molar-refractivity contribution in [2.45, 2.75) is 48.8 Å². The molecule has 1 unspecified atom stereocenters. The Kier molecular flexibility index (Phi) is 8.12. The van der Waals surface area contributed by atoms with Crippen LogP contribution in [0.15, 0.2) is 29.2 Å². The van der Waals surface area contributed by atoms with Crippen molar-refractivity contribution >= 4 is 37.5 Å². The van der Waals surface area contributed by atoms with E-state index < -0.39 is 10.0 Å². The molecule has 0 bridgehead atoms. The lowest BCUT2D eigenvalue weighted by Gasteiger charge is -2.15. The highest BCUT2D eigenvalue weighted by Gasteiger charge is 2.21. The maximum atomic E-state index is 12.3. The molecule has 5 nitrogen and oxygen atoms in total.